The topological polar surface area (TPSA) is 29.0 Å². The number of aromatic nitrogens is 2. The SMILES string of the molecule is C=Cc1nc(C)nc(N(C)C)c1C=C. The number of rotatable bonds is 3. The van der Waals surface area contributed by atoms with Crippen LogP contribution in [0, 0.1) is 6.92 Å². The minimum Gasteiger partial charge on any atom is -0.362 e. The predicted octanol–water partition coefficient (Wildman–Crippen LogP) is 2.14. The number of nitrogens with zero attached hydrogens (tertiary/aromatic N) is 3. The van der Waals surface area contributed by atoms with Gasteiger partial charge in [0.05, 0.1) is 5.69 Å². The fourth-order valence-electron chi connectivity index (χ4n) is 1.28. The van der Waals surface area contributed by atoms with Gasteiger partial charge in [0.15, 0.2) is 0 Å². The molecule has 3 heteroatoms. The van der Waals surface area contributed by atoms with E-state index in [2.05, 4.69) is 23.1 Å². The van der Waals surface area contributed by atoms with E-state index in [0.29, 0.717) is 0 Å². The molecule has 0 aliphatic heterocycles. The first-order chi connectivity index (χ1) is 6.60. The van der Waals surface area contributed by atoms with Crippen LogP contribution in [0.25, 0.3) is 12.2 Å². The largest absolute Gasteiger partial charge is 0.362 e. The minimum atomic E-state index is 0.745. The molecule has 14 heavy (non-hydrogen) atoms. The van der Waals surface area contributed by atoms with Crippen molar-refractivity contribution < 1.29 is 0 Å². The molecule has 3 nitrogen and oxygen atoms in total. The Hall–Kier alpha value is -1.64. The molecule has 0 aliphatic rings. The smallest absolute Gasteiger partial charge is 0.139 e. The number of aryl methyl sites for hydroxylation is 1. The van der Waals surface area contributed by atoms with E-state index < -0.39 is 0 Å². The molecule has 0 saturated carbocycles. The molecule has 0 bridgehead atoms. The quantitative estimate of drug-likeness (QED) is 0.729. The van der Waals surface area contributed by atoms with Gasteiger partial charge in [-0.05, 0) is 13.0 Å². The monoisotopic (exact) mass is 189 g/mol. The Morgan fingerprint density at radius 3 is 2.21 bits per heavy atom. The summed E-state index contributed by atoms with van der Waals surface area (Å²) in [4.78, 5) is 10.6. The lowest BCUT2D eigenvalue weighted by molar-refractivity contribution is 0.977. The zero-order valence-electron chi connectivity index (χ0n) is 8.91. The van der Waals surface area contributed by atoms with Gasteiger partial charge in [0, 0.05) is 19.7 Å². The average molecular weight is 189 g/mol. The molecule has 1 rings (SSSR count). The Morgan fingerprint density at radius 1 is 1.14 bits per heavy atom. The van der Waals surface area contributed by atoms with Gasteiger partial charge in [-0.1, -0.05) is 19.2 Å². The second-order valence-corrected chi connectivity index (χ2v) is 3.20. The van der Waals surface area contributed by atoms with Crippen molar-refractivity contribution in [3.05, 3.63) is 30.2 Å². The summed E-state index contributed by atoms with van der Waals surface area (Å²) < 4.78 is 0. The Kier molecular flexibility index (Phi) is 3.02. The summed E-state index contributed by atoms with van der Waals surface area (Å²) in [5.41, 5.74) is 1.76. The van der Waals surface area contributed by atoms with Crippen molar-refractivity contribution in [2.24, 2.45) is 0 Å². The molecule has 0 radical (unpaired) electrons. The lowest BCUT2D eigenvalue weighted by Crippen LogP contribution is -2.14. The maximum absolute atomic E-state index is 4.35. The summed E-state index contributed by atoms with van der Waals surface area (Å²) in [5, 5.41) is 0. The fourth-order valence-corrected chi connectivity index (χ4v) is 1.28. The average Bonchev–Trinajstić information content (AvgIpc) is 2.16. The van der Waals surface area contributed by atoms with Crippen LogP contribution in [-0.2, 0) is 0 Å². The number of anilines is 1. The number of hydrogen-bond acceptors (Lipinski definition) is 3. The molecule has 1 heterocycles. The second kappa shape index (κ2) is 4.05. The molecule has 0 aromatic carbocycles. The van der Waals surface area contributed by atoms with Gasteiger partial charge in [0.2, 0.25) is 0 Å². The Morgan fingerprint density at radius 2 is 1.79 bits per heavy atom. The molecule has 74 valence electrons. The van der Waals surface area contributed by atoms with Crippen LogP contribution >= 0.6 is 0 Å². The third kappa shape index (κ3) is 1.82. The zero-order chi connectivity index (χ0) is 10.7. The van der Waals surface area contributed by atoms with E-state index >= 15 is 0 Å². The van der Waals surface area contributed by atoms with E-state index in [9.17, 15) is 0 Å². The van der Waals surface area contributed by atoms with E-state index in [1.54, 1.807) is 12.2 Å². The van der Waals surface area contributed by atoms with Gasteiger partial charge < -0.3 is 4.90 Å². The highest BCUT2D eigenvalue weighted by molar-refractivity contribution is 5.70. The zero-order valence-corrected chi connectivity index (χ0v) is 8.91. The van der Waals surface area contributed by atoms with Crippen LogP contribution < -0.4 is 4.90 Å². The first-order valence-electron chi connectivity index (χ1n) is 4.41. The Bertz CT molecular complexity index is 367. The molecule has 1 aromatic rings. The van der Waals surface area contributed by atoms with Crippen molar-refractivity contribution in [2.75, 3.05) is 19.0 Å². The fraction of sp³-hybridized carbons (Fsp3) is 0.273. The third-order valence-corrected chi connectivity index (χ3v) is 1.89. The van der Waals surface area contributed by atoms with Crippen molar-refractivity contribution in [3.8, 4) is 0 Å². The van der Waals surface area contributed by atoms with E-state index in [0.717, 1.165) is 22.9 Å². The van der Waals surface area contributed by atoms with Crippen LogP contribution in [0.15, 0.2) is 13.2 Å². The van der Waals surface area contributed by atoms with Crippen LogP contribution in [0.1, 0.15) is 17.1 Å². The molecule has 0 unspecified atom stereocenters. The van der Waals surface area contributed by atoms with Crippen LogP contribution in [0.3, 0.4) is 0 Å². The van der Waals surface area contributed by atoms with E-state index in [-0.39, 0.29) is 0 Å². The maximum Gasteiger partial charge on any atom is 0.139 e. The summed E-state index contributed by atoms with van der Waals surface area (Å²) in [6.45, 7) is 9.35. The van der Waals surface area contributed by atoms with Gasteiger partial charge in [-0.2, -0.15) is 0 Å². The second-order valence-electron chi connectivity index (χ2n) is 3.20. The molecule has 0 aliphatic carbocycles. The van der Waals surface area contributed by atoms with Gasteiger partial charge in [0.1, 0.15) is 11.6 Å². The Balaban J connectivity index is 3.46. The van der Waals surface area contributed by atoms with Crippen LogP contribution in [0.2, 0.25) is 0 Å². The van der Waals surface area contributed by atoms with Gasteiger partial charge >= 0.3 is 0 Å². The lowest BCUT2D eigenvalue weighted by Gasteiger charge is -2.16. The first kappa shape index (κ1) is 10.4. The highest BCUT2D eigenvalue weighted by atomic mass is 15.2. The molecule has 0 N–H and O–H groups in total. The summed E-state index contributed by atoms with van der Waals surface area (Å²) in [7, 11) is 3.89. The molecule has 1 aromatic heterocycles. The minimum absolute atomic E-state index is 0.745. The molecular weight excluding hydrogens is 174 g/mol. The highest BCUT2D eigenvalue weighted by Crippen LogP contribution is 2.20. The van der Waals surface area contributed by atoms with Crippen LogP contribution in [0.4, 0.5) is 5.82 Å². The van der Waals surface area contributed by atoms with E-state index in [1.165, 1.54) is 0 Å². The maximum atomic E-state index is 4.35. The van der Waals surface area contributed by atoms with Crippen molar-refractivity contribution in [1.82, 2.24) is 9.97 Å². The van der Waals surface area contributed by atoms with Crippen LogP contribution in [0.5, 0.6) is 0 Å². The summed E-state index contributed by atoms with van der Waals surface area (Å²) in [5.74, 6) is 1.62. The summed E-state index contributed by atoms with van der Waals surface area (Å²) in [6.07, 6.45) is 3.48. The predicted molar refractivity (Wildman–Crippen MR) is 61.3 cm³/mol. The molecule has 0 fully saturated rings. The van der Waals surface area contributed by atoms with Crippen molar-refractivity contribution >= 4 is 18.0 Å². The lowest BCUT2D eigenvalue weighted by atomic mass is 10.2. The molecule has 0 spiro atoms. The normalized spacial score (nSPS) is 9.64. The third-order valence-electron chi connectivity index (χ3n) is 1.89. The summed E-state index contributed by atoms with van der Waals surface area (Å²) in [6, 6.07) is 0. The molecule has 0 saturated heterocycles. The first-order valence-corrected chi connectivity index (χ1v) is 4.41. The van der Waals surface area contributed by atoms with Gasteiger partial charge in [-0.15, -0.1) is 0 Å². The van der Waals surface area contributed by atoms with Crippen molar-refractivity contribution in [1.29, 1.82) is 0 Å². The van der Waals surface area contributed by atoms with Crippen LogP contribution in [-0.4, -0.2) is 24.1 Å². The van der Waals surface area contributed by atoms with E-state index in [1.807, 2.05) is 25.9 Å². The van der Waals surface area contributed by atoms with E-state index in [4.69, 9.17) is 0 Å². The van der Waals surface area contributed by atoms with Crippen molar-refractivity contribution in [2.45, 2.75) is 6.92 Å². The standard InChI is InChI=1S/C11H15N3/c1-6-9-10(7-2)12-8(3)13-11(9)14(4)5/h6-7H,1-2H2,3-5H3. The molecule has 0 amide bonds. The summed E-state index contributed by atoms with van der Waals surface area (Å²) >= 11 is 0. The van der Waals surface area contributed by atoms with Gasteiger partial charge in [-0.25, -0.2) is 9.97 Å². The molecule has 0 atom stereocenters. The van der Waals surface area contributed by atoms with Gasteiger partial charge in [-0.3, -0.25) is 0 Å². The Labute approximate surface area is 84.8 Å². The van der Waals surface area contributed by atoms with Crippen molar-refractivity contribution in [3.63, 3.8) is 0 Å². The molecular formula is C11H15N3. The highest BCUT2D eigenvalue weighted by Gasteiger charge is 2.09. The van der Waals surface area contributed by atoms with Gasteiger partial charge in [0.25, 0.3) is 0 Å². The number of hydrogen-bond donors (Lipinski definition) is 0.